The van der Waals surface area contributed by atoms with E-state index in [1.807, 2.05) is 24.4 Å². The molecule has 0 aliphatic heterocycles. The number of nitrogens with zero attached hydrogens (tertiary/aromatic N) is 2. The second kappa shape index (κ2) is 6.60. The summed E-state index contributed by atoms with van der Waals surface area (Å²) < 4.78 is 15.5. The second-order valence-corrected chi connectivity index (χ2v) is 8.66. The highest BCUT2D eigenvalue weighted by Crippen LogP contribution is 2.49. The normalized spacial score (nSPS) is 13.8. The molecule has 0 saturated heterocycles. The molecule has 2 nitrogen and oxygen atoms in total. The molecule has 4 aromatic rings. The number of benzene rings is 2. The molecule has 148 valence electrons. The van der Waals surface area contributed by atoms with Crippen molar-refractivity contribution in [3.8, 4) is 33.5 Å². The van der Waals surface area contributed by atoms with Crippen molar-refractivity contribution in [1.82, 2.24) is 4.98 Å². The highest BCUT2D eigenvalue weighted by molar-refractivity contribution is 5.83. The largest absolute Gasteiger partial charge is 0.260 e. The summed E-state index contributed by atoms with van der Waals surface area (Å²) >= 11 is 0. The first-order valence-corrected chi connectivity index (χ1v) is 10.2. The SMILES string of the molecule is Cc1cc2c(cc1-c1cc(-c3ccc(F)cc3)cc[n+]1C)C(C)(C)c1ncccc1-2. The minimum Gasteiger partial charge on any atom is -0.260 e. The molecule has 0 radical (unpaired) electrons. The lowest BCUT2D eigenvalue weighted by molar-refractivity contribution is -0.660. The van der Waals surface area contributed by atoms with Crippen molar-refractivity contribution in [2.45, 2.75) is 26.2 Å². The molecule has 0 saturated carbocycles. The highest BCUT2D eigenvalue weighted by atomic mass is 19.1. The summed E-state index contributed by atoms with van der Waals surface area (Å²) in [5.74, 6) is -0.217. The quantitative estimate of drug-likeness (QED) is 0.381. The monoisotopic (exact) mass is 395 g/mol. The number of hydrogen-bond acceptors (Lipinski definition) is 1. The molecule has 0 spiro atoms. The van der Waals surface area contributed by atoms with Gasteiger partial charge in [-0.2, -0.15) is 0 Å². The van der Waals surface area contributed by atoms with Gasteiger partial charge in [-0.1, -0.05) is 38.1 Å². The van der Waals surface area contributed by atoms with Crippen molar-refractivity contribution < 1.29 is 8.96 Å². The molecule has 0 bridgehead atoms. The van der Waals surface area contributed by atoms with Crippen LogP contribution in [0.1, 0.15) is 30.7 Å². The number of pyridine rings is 2. The first-order valence-electron chi connectivity index (χ1n) is 10.2. The van der Waals surface area contributed by atoms with Gasteiger partial charge in [-0.05, 0) is 59.0 Å². The fraction of sp³-hybridized carbons (Fsp3) is 0.185. The van der Waals surface area contributed by atoms with E-state index in [2.05, 4.69) is 68.9 Å². The topological polar surface area (TPSA) is 16.8 Å². The van der Waals surface area contributed by atoms with E-state index in [1.165, 1.54) is 39.9 Å². The molecule has 1 aliphatic carbocycles. The molecule has 2 aromatic heterocycles. The van der Waals surface area contributed by atoms with Crippen LogP contribution in [0.3, 0.4) is 0 Å². The Morgan fingerprint density at radius 3 is 2.40 bits per heavy atom. The Balaban J connectivity index is 1.69. The third-order valence-electron chi connectivity index (χ3n) is 6.33. The molecule has 30 heavy (non-hydrogen) atoms. The lowest BCUT2D eigenvalue weighted by Crippen LogP contribution is -2.30. The van der Waals surface area contributed by atoms with Gasteiger partial charge in [0.15, 0.2) is 6.20 Å². The number of aryl methyl sites for hydroxylation is 2. The first kappa shape index (κ1) is 18.7. The zero-order valence-electron chi connectivity index (χ0n) is 17.7. The summed E-state index contributed by atoms with van der Waals surface area (Å²) in [5, 5.41) is 0. The Kier molecular flexibility index (Phi) is 4.11. The van der Waals surface area contributed by atoms with Crippen molar-refractivity contribution in [2.75, 3.05) is 0 Å². The molecule has 0 fully saturated rings. The van der Waals surface area contributed by atoms with Gasteiger partial charge in [0.2, 0.25) is 5.69 Å². The molecule has 0 atom stereocenters. The predicted molar refractivity (Wildman–Crippen MR) is 119 cm³/mol. The van der Waals surface area contributed by atoms with Gasteiger partial charge in [0.05, 0.1) is 5.69 Å². The summed E-state index contributed by atoms with van der Waals surface area (Å²) in [7, 11) is 2.07. The third-order valence-corrected chi connectivity index (χ3v) is 6.33. The maximum atomic E-state index is 13.4. The van der Waals surface area contributed by atoms with E-state index in [-0.39, 0.29) is 11.2 Å². The summed E-state index contributed by atoms with van der Waals surface area (Å²) in [6.45, 7) is 6.67. The van der Waals surface area contributed by atoms with Crippen molar-refractivity contribution in [3.05, 3.63) is 95.7 Å². The predicted octanol–water partition coefficient (Wildman–Crippen LogP) is 5.99. The van der Waals surface area contributed by atoms with Crippen LogP contribution in [0.5, 0.6) is 0 Å². The highest BCUT2D eigenvalue weighted by Gasteiger charge is 2.37. The lowest BCUT2D eigenvalue weighted by atomic mass is 9.83. The minimum atomic E-state index is -0.217. The lowest BCUT2D eigenvalue weighted by Gasteiger charge is -2.21. The van der Waals surface area contributed by atoms with Gasteiger partial charge in [-0.25, -0.2) is 8.96 Å². The summed E-state index contributed by atoms with van der Waals surface area (Å²) in [6, 6.07) is 19.7. The van der Waals surface area contributed by atoms with Crippen molar-refractivity contribution in [2.24, 2.45) is 7.05 Å². The Labute approximate surface area is 176 Å². The van der Waals surface area contributed by atoms with Crippen LogP contribution in [-0.4, -0.2) is 4.98 Å². The van der Waals surface area contributed by atoms with E-state index in [0.29, 0.717) is 0 Å². The Morgan fingerprint density at radius 2 is 1.63 bits per heavy atom. The smallest absolute Gasteiger partial charge is 0.213 e. The maximum Gasteiger partial charge on any atom is 0.213 e. The van der Waals surface area contributed by atoms with Crippen LogP contribution in [0.15, 0.2) is 73.1 Å². The summed E-state index contributed by atoms with van der Waals surface area (Å²) in [5.41, 5.74) is 10.5. The van der Waals surface area contributed by atoms with Crippen LogP contribution in [0.4, 0.5) is 4.39 Å². The molecule has 2 aromatic carbocycles. The van der Waals surface area contributed by atoms with Gasteiger partial charge in [-0.3, -0.25) is 4.98 Å². The van der Waals surface area contributed by atoms with Crippen LogP contribution in [0.25, 0.3) is 33.5 Å². The van der Waals surface area contributed by atoms with Crippen LogP contribution < -0.4 is 4.57 Å². The average Bonchev–Trinajstić information content (AvgIpc) is 2.96. The van der Waals surface area contributed by atoms with E-state index >= 15 is 0 Å². The number of rotatable bonds is 2. The Morgan fingerprint density at radius 1 is 0.867 bits per heavy atom. The molecule has 1 aliphatic rings. The first-order chi connectivity index (χ1) is 14.4. The molecule has 0 N–H and O–H groups in total. The summed E-state index contributed by atoms with van der Waals surface area (Å²) in [6.07, 6.45) is 3.95. The van der Waals surface area contributed by atoms with E-state index in [0.717, 1.165) is 22.5 Å². The van der Waals surface area contributed by atoms with Crippen LogP contribution >= 0.6 is 0 Å². The fourth-order valence-corrected chi connectivity index (χ4v) is 4.63. The fourth-order valence-electron chi connectivity index (χ4n) is 4.63. The molecule has 0 unspecified atom stereocenters. The molecular formula is C27H24FN2+. The minimum absolute atomic E-state index is 0.137. The van der Waals surface area contributed by atoms with Crippen LogP contribution in [0, 0.1) is 12.7 Å². The van der Waals surface area contributed by atoms with Gasteiger partial charge < -0.3 is 0 Å². The van der Waals surface area contributed by atoms with E-state index < -0.39 is 0 Å². The third kappa shape index (κ3) is 2.77. The zero-order chi connectivity index (χ0) is 21.0. The number of fused-ring (bicyclic) bond motifs is 3. The molecule has 0 amide bonds. The number of halogens is 1. The van der Waals surface area contributed by atoms with Crippen LogP contribution in [0.2, 0.25) is 0 Å². The standard InChI is InChI=1S/C27H24FN2/c1-17-14-23-21-6-5-12-29-26(21)27(2,3)24(23)16-22(17)25-15-19(11-13-30(25)4)18-7-9-20(28)10-8-18/h5-16H,1-4H3/q+1. The second-order valence-electron chi connectivity index (χ2n) is 8.66. The van der Waals surface area contributed by atoms with Gasteiger partial charge in [0, 0.05) is 34.9 Å². The Hall–Kier alpha value is -3.33. The molecule has 5 rings (SSSR count). The number of hydrogen-bond donors (Lipinski definition) is 0. The van der Waals surface area contributed by atoms with Gasteiger partial charge in [-0.15, -0.1) is 0 Å². The van der Waals surface area contributed by atoms with E-state index in [9.17, 15) is 4.39 Å². The number of aromatic nitrogens is 2. The van der Waals surface area contributed by atoms with Crippen molar-refractivity contribution >= 4 is 0 Å². The molecule has 2 heterocycles. The van der Waals surface area contributed by atoms with Gasteiger partial charge >= 0.3 is 0 Å². The van der Waals surface area contributed by atoms with Crippen molar-refractivity contribution in [1.29, 1.82) is 0 Å². The van der Waals surface area contributed by atoms with Gasteiger partial charge in [0.1, 0.15) is 12.9 Å². The Bertz CT molecular complexity index is 1290. The van der Waals surface area contributed by atoms with Crippen LogP contribution in [-0.2, 0) is 12.5 Å². The van der Waals surface area contributed by atoms with E-state index in [1.54, 1.807) is 0 Å². The van der Waals surface area contributed by atoms with Gasteiger partial charge in [0.25, 0.3) is 0 Å². The summed E-state index contributed by atoms with van der Waals surface area (Å²) in [4.78, 5) is 4.70. The van der Waals surface area contributed by atoms with Crippen molar-refractivity contribution in [3.63, 3.8) is 0 Å². The average molecular weight is 396 g/mol. The molecule has 3 heteroatoms. The maximum absolute atomic E-state index is 13.4. The van der Waals surface area contributed by atoms with E-state index in [4.69, 9.17) is 4.98 Å². The molecular weight excluding hydrogens is 371 g/mol. The zero-order valence-corrected chi connectivity index (χ0v) is 17.7.